The van der Waals surface area contributed by atoms with Crippen LogP contribution in [0.5, 0.6) is 0 Å². The highest BCUT2D eigenvalue weighted by Crippen LogP contribution is 2.37. The number of rotatable bonds is 1. The maximum Gasteiger partial charge on any atom is 0.332 e. The van der Waals surface area contributed by atoms with Crippen LogP contribution in [-0.4, -0.2) is 46.9 Å². The fourth-order valence-electron chi connectivity index (χ4n) is 2.86. The van der Waals surface area contributed by atoms with Crippen LogP contribution in [0.15, 0.2) is 12.7 Å². The molecule has 0 saturated carbocycles. The Morgan fingerprint density at radius 1 is 1.29 bits per heavy atom. The molecule has 0 aliphatic carbocycles. The maximum absolute atomic E-state index is 6.06. The molecule has 2 aromatic heterocycles. The molecule has 9 heteroatoms. The lowest BCUT2D eigenvalue weighted by Gasteiger charge is -2.35. The van der Waals surface area contributed by atoms with E-state index in [4.69, 9.17) is 25.2 Å². The number of ether oxygens (including phenoxy) is 1. The Hall–Kier alpha value is -1.06. The Morgan fingerprint density at radius 2 is 2.14 bits per heavy atom. The summed E-state index contributed by atoms with van der Waals surface area (Å²) in [6.07, 6.45) is 3.75. The topological polar surface area (TPSA) is 71.3 Å². The molecule has 2 aromatic rings. The maximum atomic E-state index is 6.06. The Balaban J connectivity index is 1.64. The van der Waals surface area contributed by atoms with Crippen LogP contribution in [0, 0.1) is 0 Å². The molecule has 112 valence electrons. The second-order valence-electron chi connectivity index (χ2n) is 5.72. The summed E-state index contributed by atoms with van der Waals surface area (Å²) in [4.78, 5) is 12.5. The van der Waals surface area contributed by atoms with Gasteiger partial charge in [0.05, 0.1) is 19.0 Å². The molecule has 2 aliphatic rings. The monoisotopic (exact) mass is 326 g/mol. The Bertz CT molecular complexity index is 694. The van der Waals surface area contributed by atoms with Gasteiger partial charge in [0.2, 0.25) is 0 Å². The SMILES string of the molecule is C[Si]1(C)OC[C@H]2O[C@@H](n3cnc4c(Cl)ncnc43)C[C@@H]2O1. The van der Waals surface area contributed by atoms with Gasteiger partial charge in [-0.05, 0) is 13.1 Å². The van der Waals surface area contributed by atoms with E-state index in [1.54, 1.807) is 6.33 Å². The summed E-state index contributed by atoms with van der Waals surface area (Å²) in [5.41, 5.74) is 1.26. The first-order valence-electron chi connectivity index (χ1n) is 6.84. The number of imidazole rings is 1. The highest BCUT2D eigenvalue weighted by atomic mass is 35.5. The zero-order chi connectivity index (χ0) is 14.6. The number of halogens is 1. The van der Waals surface area contributed by atoms with Crippen LogP contribution in [0.25, 0.3) is 11.2 Å². The molecule has 0 amide bonds. The predicted octanol–water partition coefficient (Wildman–Crippen LogP) is 1.88. The van der Waals surface area contributed by atoms with Gasteiger partial charge >= 0.3 is 8.56 Å². The molecular formula is C12H15ClN4O3Si. The summed E-state index contributed by atoms with van der Waals surface area (Å²) in [6.45, 7) is 4.69. The smallest absolute Gasteiger partial charge is 0.332 e. The third-order valence-electron chi connectivity index (χ3n) is 3.84. The second-order valence-corrected chi connectivity index (χ2v) is 9.40. The van der Waals surface area contributed by atoms with E-state index in [1.807, 2.05) is 4.57 Å². The van der Waals surface area contributed by atoms with E-state index in [0.29, 0.717) is 22.9 Å². The van der Waals surface area contributed by atoms with Gasteiger partial charge in [0.1, 0.15) is 24.2 Å². The summed E-state index contributed by atoms with van der Waals surface area (Å²) in [5.74, 6) is 0. The molecular weight excluding hydrogens is 312 g/mol. The molecule has 2 fully saturated rings. The third-order valence-corrected chi connectivity index (χ3v) is 5.84. The molecule has 0 bridgehead atoms. The van der Waals surface area contributed by atoms with Crippen LogP contribution >= 0.6 is 11.6 Å². The van der Waals surface area contributed by atoms with Crippen molar-refractivity contribution in [3.05, 3.63) is 17.8 Å². The lowest BCUT2D eigenvalue weighted by atomic mass is 10.2. The van der Waals surface area contributed by atoms with Gasteiger partial charge in [-0.25, -0.2) is 15.0 Å². The van der Waals surface area contributed by atoms with Gasteiger partial charge in [-0.1, -0.05) is 11.6 Å². The number of fused-ring (bicyclic) bond motifs is 2. The minimum Gasteiger partial charge on any atom is -0.392 e. The summed E-state index contributed by atoms with van der Waals surface area (Å²) < 4.78 is 19.8. The van der Waals surface area contributed by atoms with E-state index in [0.717, 1.165) is 6.42 Å². The average molecular weight is 327 g/mol. The third kappa shape index (κ3) is 2.27. The Kier molecular flexibility index (Phi) is 3.05. The van der Waals surface area contributed by atoms with Crippen molar-refractivity contribution in [3.63, 3.8) is 0 Å². The van der Waals surface area contributed by atoms with Crippen molar-refractivity contribution in [1.29, 1.82) is 0 Å². The van der Waals surface area contributed by atoms with E-state index in [2.05, 4.69) is 28.0 Å². The zero-order valence-corrected chi connectivity index (χ0v) is 13.4. The number of aromatic nitrogens is 4. The zero-order valence-electron chi connectivity index (χ0n) is 11.7. The van der Waals surface area contributed by atoms with Crippen molar-refractivity contribution < 1.29 is 13.6 Å². The van der Waals surface area contributed by atoms with Gasteiger partial charge < -0.3 is 13.6 Å². The van der Waals surface area contributed by atoms with E-state index in [-0.39, 0.29) is 18.4 Å². The van der Waals surface area contributed by atoms with E-state index < -0.39 is 8.56 Å². The summed E-state index contributed by atoms with van der Waals surface area (Å²) in [7, 11) is -2.00. The van der Waals surface area contributed by atoms with Crippen molar-refractivity contribution in [2.75, 3.05) is 6.61 Å². The van der Waals surface area contributed by atoms with Gasteiger partial charge in [-0.15, -0.1) is 0 Å². The van der Waals surface area contributed by atoms with Crippen LogP contribution in [0.2, 0.25) is 18.2 Å². The molecule has 0 unspecified atom stereocenters. The average Bonchev–Trinajstić information content (AvgIpc) is 3.01. The Labute approximate surface area is 127 Å². The van der Waals surface area contributed by atoms with Crippen LogP contribution in [0.1, 0.15) is 12.6 Å². The fraction of sp³-hybridized carbons (Fsp3) is 0.583. The fourth-order valence-corrected chi connectivity index (χ4v) is 4.65. The van der Waals surface area contributed by atoms with Crippen molar-refractivity contribution in [2.45, 2.75) is 38.0 Å². The highest BCUT2D eigenvalue weighted by molar-refractivity contribution is 6.64. The van der Waals surface area contributed by atoms with E-state index >= 15 is 0 Å². The normalized spacial score (nSPS) is 31.5. The van der Waals surface area contributed by atoms with Gasteiger partial charge in [0.25, 0.3) is 0 Å². The molecule has 4 rings (SSSR count). The minimum atomic E-state index is -2.00. The summed E-state index contributed by atoms with van der Waals surface area (Å²) in [6, 6.07) is 0. The van der Waals surface area contributed by atoms with Crippen LogP contribution < -0.4 is 0 Å². The van der Waals surface area contributed by atoms with Gasteiger partial charge in [0, 0.05) is 6.42 Å². The summed E-state index contributed by atoms with van der Waals surface area (Å²) >= 11 is 6.03. The van der Waals surface area contributed by atoms with Crippen molar-refractivity contribution in [3.8, 4) is 0 Å². The first kappa shape index (κ1) is 13.6. The largest absolute Gasteiger partial charge is 0.392 e. The predicted molar refractivity (Wildman–Crippen MR) is 77.2 cm³/mol. The van der Waals surface area contributed by atoms with Gasteiger partial charge in [0.15, 0.2) is 10.8 Å². The quantitative estimate of drug-likeness (QED) is 0.588. The molecule has 2 aliphatic heterocycles. The second kappa shape index (κ2) is 4.72. The molecule has 0 N–H and O–H groups in total. The standard InChI is InChI=1S/C12H15ClN4O3Si/c1-21(2)18-4-8-7(20-21)3-9(19-8)17-6-16-10-11(13)14-5-15-12(10)17/h5-9H,3-4H2,1-2H3/t7-,8+,9+/m0/s1. The molecule has 0 aromatic carbocycles. The summed E-state index contributed by atoms with van der Waals surface area (Å²) in [5, 5.41) is 0.349. The van der Waals surface area contributed by atoms with E-state index in [1.165, 1.54) is 6.33 Å². The molecule has 2 saturated heterocycles. The van der Waals surface area contributed by atoms with E-state index in [9.17, 15) is 0 Å². The first-order chi connectivity index (χ1) is 10.0. The van der Waals surface area contributed by atoms with Crippen LogP contribution in [0.4, 0.5) is 0 Å². The number of hydrogen-bond acceptors (Lipinski definition) is 6. The van der Waals surface area contributed by atoms with Crippen molar-refractivity contribution in [1.82, 2.24) is 19.5 Å². The van der Waals surface area contributed by atoms with Gasteiger partial charge in [-0.2, -0.15) is 0 Å². The molecule has 4 heterocycles. The molecule has 3 atom stereocenters. The van der Waals surface area contributed by atoms with Crippen LogP contribution in [-0.2, 0) is 13.6 Å². The minimum absolute atomic E-state index is 0.0368. The molecule has 21 heavy (non-hydrogen) atoms. The Morgan fingerprint density at radius 3 is 3.00 bits per heavy atom. The molecule has 7 nitrogen and oxygen atoms in total. The van der Waals surface area contributed by atoms with Crippen molar-refractivity contribution >= 4 is 31.3 Å². The van der Waals surface area contributed by atoms with Gasteiger partial charge in [-0.3, -0.25) is 4.57 Å². The lowest BCUT2D eigenvalue weighted by Crippen LogP contribution is -2.50. The molecule has 0 spiro atoms. The lowest BCUT2D eigenvalue weighted by molar-refractivity contribution is -0.0680. The molecule has 0 radical (unpaired) electrons. The van der Waals surface area contributed by atoms with Crippen molar-refractivity contribution in [2.24, 2.45) is 0 Å². The highest BCUT2D eigenvalue weighted by Gasteiger charge is 2.46. The van der Waals surface area contributed by atoms with Crippen LogP contribution in [0.3, 0.4) is 0 Å². The number of nitrogens with zero attached hydrogens (tertiary/aromatic N) is 4. The number of hydrogen-bond donors (Lipinski definition) is 0. The first-order valence-corrected chi connectivity index (χ1v) is 10.0.